The van der Waals surface area contributed by atoms with Crippen LogP contribution in [0.4, 0.5) is 5.69 Å². The zero-order chi connectivity index (χ0) is 13.2. The normalized spacial score (nSPS) is 46.5. The van der Waals surface area contributed by atoms with Crippen LogP contribution in [-0.2, 0) is 4.74 Å². The highest BCUT2D eigenvalue weighted by molar-refractivity contribution is 5.42. The molecule has 20 heavy (non-hydrogen) atoms. The fourth-order valence-electron chi connectivity index (χ4n) is 6.16. The molecule has 0 radical (unpaired) electrons. The van der Waals surface area contributed by atoms with Crippen LogP contribution < -0.4 is 5.32 Å². The first-order chi connectivity index (χ1) is 9.88. The van der Waals surface area contributed by atoms with Gasteiger partial charge in [-0.1, -0.05) is 18.2 Å². The van der Waals surface area contributed by atoms with Crippen LogP contribution in [0.2, 0.25) is 0 Å². The Morgan fingerprint density at radius 2 is 1.95 bits per heavy atom. The van der Waals surface area contributed by atoms with Gasteiger partial charge in [0.2, 0.25) is 0 Å². The summed E-state index contributed by atoms with van der Waals surface area (Å²) >= 11 is 0. The van der Waals surface area contributed by atoms with Crippen LogP contribution in [0.1, 0.15) is 25.7 Å². The Balaban J connectivity index is 1.15. The minimum absolute atomic E-state index is 0.598. The summed E-state index contributed by atoms with van der Waals surface area (Å²) in [5.41, 5.74) is 1.99. The molecule has 1 N–H and O–H groups in total. The molecule has 0 aliphatic heterocycles. The minimum atomic E-state index is 0.598. The van der Waals surface area contributed by atoms with Crippen molar-refractivity contribution in [2.24, 2.45) is 29.1 Å². The number of hydrogen-bond acceptors (Lipinski definition) is 2. The molecule has 4 aliphatic rings. The van der Waals surface area contributed by atoms with Crippen molar-refractivity contribution in [2.75, 3.05) is 18.5 Å². The molecule has 6 unspecified atom stereocenters. The first-order valence-electron chi connectivity index (χ1n) is 8.28. The Morgan fingerprint density at radius 3 is 2.75 bits per heavy atom. The van der Waals surface area contributed by atoms with Gasteiger partial charge < -0.3 is 10.1 Å². The fraction of sp³-hybridized carbons (Fsp3) is 0.667. The van der Waals surface area contributed by atoms with Gasteiger partial charge in [-0.15, -0.1) is 0 Å². The molecule has 4 fully saturated rings. The molecular weight excluding hydrogens is 246 g/mol. The predicted molar refractivity (Wildman–Crippen MR) is 79.5 cm³/mol. The highest BCUT2D eigenvalue weighted by Gasteiger charge is 2.76. The van der Waals surface area contributed by atoms with Gasteiger partial charge in [-0.25, -0.2) is 0 Å². The third kappa shape index (κ3) is 1.34. The molecule has 0 aromatic heterocycles. The second kappa shape index (κ2) is 4.00. The number of rotatable bonds is 5. The fourth-order valence-corrected chi connectivity index (χ4v) is 6.16. The standard InChI is InChI=1S/C18H23NO/c1-2-4-15(5-3-1)19-6-7-20-17-12-8-13-9-14-10-16(17)18(13,14)11-12/h1-5,12-14,16-17,19H,6-11H2. The van der Waals surface area contributed by atoms with E-state index in [9.17, 15) is 0 Å². The SMILES string of the molecule is c1ccc(NCCOC2C3CC4CC5CC2C45C3)cc1. The average molecular weight is 269 g/mol. The largest absolute Gasteiger partial charge is 0.383 e. The lowest BCUT2D eigenvalue weighted by atomic mass is 9.38. The van der Waals surface area contributed by atoms with Crippen molar-refractivity contribution in [1.82, 2.24) is 0 Å². The summed E-state index contributed by atoms with van der Waals surface area (Å²) in [4.78, 5) is 0. The second-order valence-electron chi connectivity index (χ2n) is 7.41. The van der Waals surface area contributed by atoms with E-state index in [-0.39, 0.29) is 0 Å². The monoisotopic (exact) mass is 269 g/mol. The highest BCUT2D eigenvalue weighted by Crippen LogP contribution is 2.81. The van der Waals surface area contributed by atoms with Gasteiger partial charge in [-0.2, -0.15) is 0 Å². The lowest BCUT2D eigenvalue weighted by Crippen LogP contribution is -2.62. The van der Waals surface area contributed by atoms with Gasteiger partial charge in [0.15, 0.2) is 0 Å². The van der Waals surface area contributed by atoms with E-state index in [1.165, 1.54) is 24.9 Å². The molecule has 4 aliphatic carbocycles. The maximum absolute atomic E-state index is 6.29. The van der Waals surface area contributed by atoms with Crippen LogP contribution in [0, 0.1) is 29.1 Å². The topological polar surface area (TPSA) is 21.3 Å². The first kappa shape index (κ1) is 11.6. The van der Waals surface area contributed by atoms with E-state index in [0.29, 0.717) is 6.10 Å². The third-order valence-corrected chi connectivity index (χ3v) is 6.90. The van der Waals surface area contributed by atoms with Crippen molar-refractivity contribution in [3.8, 4) is 0 Å². The molecule has 0 saturated heterocycles. The molecule has 1 spiro atoms. The maximum atomic E-state index is 6.29. The van der Waals surface area contributed by atoms with Crippen LogP contribution in [0.15, 0.2) is 30.3 Å². The van der Waals surface area contributed by atoms with E-state index in [1.807, 2.05) is 0 Å². The van der Waals surface area contributed by atoms with E-state index >= 15 is 0 Å². The highest BCUT2D eigenvalue weighted by atomic mass is 16.5. The van der Waals surface area contributed by atoms with E-state index in [4.69, 9.17) is 4.74 Å². The van der Waals surface area contributed by atoms with Crippen LogP contribution in [0.25, 0.3) is 0 Å². The molecule has 106 valence electrons. The van der Waals surface area contributed by atoms with E-state index in [0.717, 1.165) is 42.2 Å². The Hall–Kier alpha value is -1.02. The molecule has 1 aromatic carbocycles. The Kier molecular flexibility index (Phi) is 2.33. The van der Waals surface area contributed by atoms with Gasteiger partial charge in [0.1, 0.15) is 0 Å². The molecule has 6 atom stereocenters. The van der Waals surface area contributed by atoms with Gasteiger partial charge in [-0.05, 0) is 66.9 Å². The van der Waals surface area contributed by atoms with Gasteiger partial charge in [-0.3, -0.25) is 0 Å². The average Bonchev–Trinajstić information content (AvgIpc) is 2.95. The summed E-state index contributed by atoms with van der Waals surface area (Å²) in [7, 11) is 0. The summed E-state index contributed by atoms with van der Waals surface area (Å²) in [6.45, 7) is 1.79. The minimum Gasteiger partial charge on any atom is -0.383 e. The maximum Gasteiger partial charge on any atom is 0.0643 e. The number of nitrogens with one attached hydrogen (secondary N) is 1. The van der Waals surface area contributed by atoms with Crippen LogP contribution >= 0.6 is 0 Å². The molecule has 2 nitrogen and oxygen atoms in total. The van der Waals surface area contributed by atoms with Crippen LogP contribution in [0.3, 0.4) is 0 Å². The summed E-state index contributed by atoms with van der Waals surface area (Å²) in [5.74, 6) is 4.02. The molecule has 0 heterocycles. The Bertz CT molecular complexity index is 515. The summed E-state index contributed by atoms with van der Waals surface area (Å²) < 4.78 is 6.29. The molecular formula is C18H23NO. The molecule has 1 aromatic rings. The number of para-hydroxylation sites is 1. The summed E-state index contributed by atoms with van der Waals surface area (Å²) in [6.07, 6.45) is 6.60. The van der Waals surface area contributed by atoms with Crippen LogP contribution in [0.5, 0.6) is 0 Å². The van der Waals surface area contributed by atoms with Crippen LogP contribution in [-0.4, -0.2) is 19.3 Å². The van der Waals surface area contributed by atoms with Gasteiger partial charge in [0, 0.05) is 12.2 Å². The number of fused-ring (bicyclic) bond motifs is 1. The predicted octanol–water partition coefficient (Wildman–Crippen LogP) is 3.55. The lowest BCUT2D eigenvalue weighted by Gasteiger charge is -2.67. The molecule has 2 bridgehead atoms. The number of benzene rings is 1. The molecule has 4 saturated carbocycles. The number of anilines is 1. The van der Waals surface area contributed by atoms with Crippen molar-refractivity contribution in [1.29, 1.82) is 0 Å². The van der Waals surface area contributed by atoms with Gasteiger partial charge in [0.05, 0.1) is 12.7 Å². The van der Waals surface area contributed by atoms with Gasteiger partial charge >= 0.3 is 0 Å². The zero-order valence-electron chi connectivity index (χ0n) is 11.9. The smallest absolute Gasteiger partial charge is 0.0643 e. The van der Waals surface area contributed by atoms with E-state index in [2.05, 4.69) is 35.6 Å². The van der Waals surface area contributed by atoms with Crippen molar-refractivity contribution in [3.63, 3.8) is 0 Å². The Morgan fingerprint density at radius 1 is 1.10 bits per heavy atom. The zero-order valence-corrected chi connectivity index (χ0v) is 11.9. The second-order valence-corrected chi connectivity index (χ2v) is 7.41. The summed E-state index contributed by atoms with van der Waals surface area (Å²) in [6, 6.07) is 10.4. The molecule has 5 rings (SSSR count). The first-order valence-corrected chi connectivity index (χ1v) is 8.28. The van der Waals surface area contributed by atoms with Crippen molar-refractivity contribution in [3.05, 3.63) is 30.3 Å². The third-order valence-electron chi connectivity index (χ3n) is 6.90. The number of hydrogen-bond donors (Lipinski definition) is 1. The van der Waals surface area contributed by atoms with Crippen molar-refractivity contribution >= 4 is 5.69 Å². The number of ether oxygens (including phenoxy) is 1. The van der Waals surface area contributed by atoms with Crippen molar-refractivity contribution < 1.29 is 4.74 Å². The van der Waals surface area contributed by atoms with E-state index in [1.54, 1.807) is 6.42 Å². The molecule has 0 amide bonds. The van der Waals surface area contributed by atoms with Crippen molar-refractivity contribution in [2.45, 2.75) is 31.8 Å². The molecule has 2 heteroatoms. The Labute approximate surface area is 120 Å². The quantitative estimate of drug-likeness (QED) is 0.825. The van der Waals surface area contributed by atoms with Gasteiger partial charge in [0.25, 0.3) is 0 Å². The lowest BCUT2D eigenvalue weighted by molar-refractivity contribution is -0.215. The summed E-state index contributed by atoms with van der Waals surface area (Å²) in [5, 5.41) is 3.45. The van der Waals surface area contributed by atoms with E-state index < -0.39 is 0 Å².